The number of allylic oxidation sites excluding steroid dienone is 3. The normalized spacial score (nSPS) is 32.5. The molecule has 0 spiro atoms. The molecule has 0 aromatic carbocycles. The van der Waals surface area contributed by atoms with Gasteiger partial charge in [-0.15, -0.1) is 0 Å². The summed E-state index contributed by atoms with van der Waals surface area (Å²) in [6, 6.07) is 0. The fraction of sp³-hybridized carbons (Fsp3) is 0.739. The van der Waals surface area contributed by atoms with Gasteiger partial charge in [0.25, 0.3) is 0 Å². The molecule has 4 atom stereocenters. The second-order valence-electron chi connectivity index (χ2n) is 9.31. The molecule has 0 fully saturated rings. The summed E-state index contributed by atoms with van der Waals surface area (Å²) in [6.45, 7) is 12.5. The minimum atomic E-state index is -0.112. The van der Waals surface area contributed by atoms with Crippen molar-refractivity contribution < 1.29 is 14.3 Å². The Labute approximate surface area is 166 Å². The van der Waals surface area contributed by atoms with Crippen LogP contribution in [-0.2, 0) is 14.3 Å². The second-order valence-corrected chi connectivity index (χ2v) is 9.31. The van der Waals surface area contributed by atoms with E-state index in [1.807, 2.05) is 45.3 Å². The molecule has 1 rings (SSSR count). The van der Waals surface area contributed by atoms with Gasteiger partial charge < -0.3 is 9.64 Å². The van der Waals surface area contributed by atoms with Crippen LogP contribution in [0.25, 0.3) is 0 Å². The van der Waals surface area contributed by atoms with Gasteiger partial charge in [0.1, 0.15) is 6.10 Å². The molecule has 4 nitrogen and oxygen atoms in total. The molecule has 4 heteroatoms. The Hall–Kier alpha value is -1.58. The zero-order chi connectivity index (χ0) is 20.6. The van der Waals surface area contributed by atoms with E-state index in [1.165, 1.54) is 0 Å². The van der Waals surface area contributed by atoms with Gasteiger partial charge in [0.2, 0.25) is 5.91 Å². The van der Waals surface area contributed by atoms with E-state index in [0.717, 1.165) is 32.1 Å². The highest BCUT2D eigenvalue weighted by Crippen LogP contribution is 2.31. The van der Waals surface area contributed by atoms with E-state index in [-0.39, 0.29) is 35.2 Å². The van der Waals surface area contributed by atoms with Crippen molar-refractivity contribution in [1.29, 1.82) is 0 Å². The van der Waals surface area contributed by atoms with Crippen LogP contribution in [0.15, 0.2) is 24.4 Å². The zero-order valence-corrected chi connectivity index (χ0v) is 18.3. The lowest BCUT2D eigenvalue weighted by atomic mass is 9.82. The van der Waals surface area contributed by atoms with Crippen LogP contribution in [0.3, 0.4) is 0 Å². The molecule has 0 aromatic heterocycles. The first kappa shape index (κ1) is 23.5. The van der Waals surface area contributed by atoms with Gasteiger partial charge in [-0.1, -0.05) is 53.7 Å². The molecule has 0 bridgehead atoms. The van der Waals surface area contributed by atoms with Gasteiger partial charge in [0, 0.05) is 19.2 Å². The minimum Gasteiger partial charge on any atom is -0.462 e. The van der Waals surface area contributed by atoms with E-state index >= 15 is 0 Å². The first-order chi connectivity index (χ1) is 12.5. The van der Waals surface area contributed by atoms with Gasteiger partial charge in [-0.25, -0.2) is 0 Å². The highest BCUT2D eigenvalue weighted by Gasteiger charge is 2.31. The Morgan fingerprint density at radius 1 is 1.00 bits per heavy atom. The van der Waals surface area contributed by atoms with Crippen LogP contribution in [0.2, 0.25) is 0 Å². The Morgan fingerprint density at radius 3 is 2.30 bits per heavy atom. The molecule has 0 radical (unpaired) electrons. The molecule has 0 unspecified atom stereocenters. The summed E-state index contributed by atoms with van der Waals surface area (Å²) in [5.74, 6) is 0.309. The van der Waals surface area contributed by atoms with E-state index in [1.54, 1.807) is 4.90 Å². The molecule has 1 heterocycles. The lowest BCUT2D eigenvalue weighted by Crippen LogP contribution is -2.35. The molecule has 0 N–H and O–H groups in total. The van der Waals surface area contributed by atoms with Crippen LogP contribution < -0.4 is 0 Å². The van der Waals surface area contributed by atoms with Crippen LogP contribution in [0, 0.1) is 23.2 Å². The molecule has 1 amide bonds. The van der Waals surface area contributed by atoms with E-state index in [0.29, 0.717) is 5.92 Å². The first-order valence-corrected chi connectivity index (χ1v) is 10.3. The topological polar surface area (TPSA) is 46.6 Å². The van der Waals surface area contributed by atoms with Crippen molar-refractivity contribution in [2.75, 3.05) is 7.05 Å². The van der Waals surface area contributed by atoms with Crippen molar-refractivity contribution in [1.82, 2.24) is 4.90 Å². The molecular formula is C23H39NO3. The molecule has 0 aliphatic carbocycles. The minimum absolute atomic E-state index is 0.0163. The van der Waals surface area contributed by atoms with Crippen LogP contribution in [0.5, 0.6) is 0 Å². The molecule has 0 aromatic rings. The zero-order valence-electron chi connectivity index (χ0n) is 18.3. The molecule has 0 saturated heterocycles. The number of amides is 1. The summed E-state index contributed by atoms with van der Waals surface area (Å²) in [5.41, 5.74) is -0.0992. The number of carbonyl (C=O) groups excluding carboxylic acids is 2. The maximum atomic E-state index is 12.6. The number of cyclic esters (lactones) is 1. The standard InChI is InChI=1S/C23H39NO3/c1-17-13-14-18(2)21(25)24(7)15-11-9-8-10-12-19(3)22(26)27-20(16-17)23(4,5)6/h8-9,11,15,17-20H,10,12-14,16H2,1-7H3/b9-8-,15-11-/t17-,18+,19-,20-/m0/s1. The van der Waals surface area contributed by atoms with Crippen molar-refractivity contribution in [3.8, 4) is 0 Å². The van der Waals surface area contributed by atoms with Gasteiger partial charge in [0.15, 0.2) is 0 Å². The molecule has 0 saturated carbocycles. The lowest BCUT2D eigenvalue weighted by Gasteiger charge is -2.33. The van der Waals surface area contributed by atoms with Gasteiger partial charge in [0.05, 0.1) is 5.92 Å². The van der Waals surface area contributed by atoms with Crippen LogP contribution in [0.4, 0.5) is 0 Å². The van der Waals surface area contributed by atoms with Gasteiger partial charge in [-0.3, -0.25) is 9.59 Å². The highest BCUT2D eigenvalue weighted by molar-refractivity contribution is 5.79. The molecule has 27 heavy (non-hydrogen) atoms. The van der Waals surface area contributed by atoms with E-state index < -0.39 is 0 Å². The number of hydrogen-bond acceptors (Lipinski definition) is 3. The maximum absolute atomic E-state index is 12.6. The number of hydrogen-bond donors (Lipinski definition) is 0. The summed E-state index contributed by atoms with van der Waals surface area (Å²) in [4.78, 5) is 26.7. The summed E-state index contributed by atoms with van der Waals surface area (Å²) in [7, 11) is 1.81. The average molecular weight is 378 g/mol. The first-order valence-electron chi connectivity index (χ1n) is 10.3. The SMILES string of the molecule is C[C@H]1CC[C@@H](C)C(=O)N(C)/C=C\C=C/CC[C@H](C)C(=O)O[C@H](C(C)(C)C)C1. The number of rotatable bonds is 0. The van der Waals surface area contributed by atoms with Gasteiger partial charge >= 0.3 is 5.97 Å². The number of ether oxygens (including phenoxy) is 1. The van der Waals surface area contributed by atoms with Crippen LogP contribution in [0.1, 0.15) is 73.6 Å². The average Bonchev–Trinajstić information content (AvgIpc) is 2.59. The largest absolute Gasteiger partial charge is 0.462 e. The Kier molecular flexibility index (Phi) is 9.28. The molecule has 1 aliphatic heterocycles. The third-order valence-electron chi connectivity index (χ3n) is 5.43. The van der Waals surface area contributed by atoms with Gasteiger partial charge in [-0.05, 0) is 49.5 Å². The predicted octanol–water partition coefficient (Wildman–Crippen LogP) is 5.35. The third-order valence-corrected chi connectivity index (χ3v) is 5.43. The van der Waals surface area contributed by atoms with Crippen molar-refractivity contribution in [2.45, 2.75) is 79.8 Å². The maximum Gasteiger partial charge on any atom is 0.308 e. The quantitative estimate of drug-likeness (QED) is 0.535. The Balaban J connectivity index is 2.94. The summed E-state index contributed by atoms with van der Waals surface area (Å²) >= 11 is 0. The Bertz CT molecular complexity index is 544. The summed E-state index contributed by atoms with van der Waals surface area (Å²) in [6.07, 6.45) is 11.7. The van der Waals surface area contributed by atoms with Crippen molar-refractivity contribution in [3.63, 3.8) is 0 Å². The van der Waals surface area contributed by atoms with Crippen LogP contribution in [-0.4, -0.2) is 29.9 Å². The second kappa shape index (κ2) is 10.7. The third kappa shape index (κ3) is 8.32. The fourth-order valence-electron chi connectivity index (χ4n) is 3.21. The van der Waals surface area contributed by atoms with Gasteiger partial charge in [-0.2, -0.15) is 0 Å². The number of carbonyl (C=O) groups is 2. The smallest absolute Gasteiger partial charge is 0.308 e. The summed E-state index contributed by atoms with van der Waals surface area (Å²) in [5, 5.41) is 0. The van der Waals surface area contributed by atoms with Crippen LogP contribution >= 0.6 is 0 Å². The fourth-order valence-corrected chi connectivity index (χ4v) is 3.21. The van der Waals surface area contributed by atoms with Crippen molar-refractivity contribution >= 4 is 11.9 Å². The molecule has 154 valence electrons. The molecule has 1 aliphatic rings. The van der Waals surface area contributed by atoms with E-state index in [2.05, 4.69) is 27.7 Å². The van der Waals surface area contributed by atoms with Crippen molar-refractivity contribution in [3.05, 3.63) is 24.4 Å². The predicted molar refractivity (Wildman–Crippen MR) is 111 cm³/mol. The lowest BCUT2D eigenvalue weighted by molar-refractivity contribution is -0.160. The molecular weight excluding hydrogens is 338 g/mol. The monoisotopic (exact) mass is 377 g/mol. The van der Waals surface area contributed by atoms with E-state index in [9.17, 15) is 9.59 Å². The van der Waals surface area contributed by atoms with Crippen molar-refractivity contribution in [2.24, 2.45) is 23.2 Å². The van der Waals surface area contributed by atoms with E-state index in [4.69, 9.17) is 4.74 Å². The highest BCUT2D eigenvalue weighted by atomic mass is 16.5. The number of nitrogens with zero attached hydrogens (tertiary/aromatic N) is 1. The summed E-state index contributed by atoms with van der Waals surface area (Å²) < 4.78 is 5.94. The Morgan fingerprint density at radius 2 is 1.67 bits per heavy atom. The number of esters is 1.